The summed E-state index contributed by atoms with van der Waals surface area (Å²) < 4.78 is 29.6. The maximum Gasteiger partial charge on any atom is 0.267 e. The van der Waals surface area contributed by atoms with Crippen molar-refractivity contribution >= 4 is 21.6 Å². The number of hydrogen-bond acceptors (Lipinski definition) is 3. The Kier molecular flexibility index (Phi) is 3.02. The Morgan fingerprint density at radius 1 is 1.62 bits per heavy atom. The van der Waals surface area contributed by atoms with Crippen molar-refractivity contribution in [2.24, 2.45) is 0 Å². The molecule has 0 saturated carbocycles. The van der Waals surface area contributed by atoms with Gasteiger partial charge in [0.1, 0.15) is 4.47 Å². The molecule has 0 unspecified atom stereocenters. The van der Waals surface area contributed by atoms with Crippen LogP contribution in [0.25, 0.3) is 0 Å². The second-order valence-corrected chi connectivity index (χ2v) is 3.04. The molecule has 0 atom stereocenters. The van der Waals surface area contributed by atoms with E-state index in [9.17, 15) is 8.78 Å². The highest BCUT2D eigenvalue weighted by Gasteiger charge is 2.16. The van der Waals surface area contributed by atoms with E-state index in [1.54, 1.807) is 0 Å². The molecule has 0 saturated heterocycles. The number of rotatable bonds is 2. The first-order valence-electron chi connectivity index (χ1n) is 3.34. The van der Waals surface area contributed by atoms with Gasteiger partial charge in [-0.15, -0.1) is 0 Å². The van der Waals surface area contributed by atoms with Crippen molar-refractivity contribution in [3.63, 3.8) is 0 Å². The van der Waals surface area contributed by atoms with E-state index >= 15 is 0 Å². The number of nitrogens with zero attached hydrogens (tertiary/aromatic N) is 1. The van der Waals surface area contributed by atoms with Gasteiger partial charge in [0, 0.05) is 6.20 Å². The van der Waals surface area contributed by atoms with Crippen LogP contribution >= 0.6 is 15.9 Å². The lowest BCUT2D eigenvalue weighted by atomic mass is 10.2. The molecule has 0 aliphatic rings. The van der Waals surface area contributed by atoms with Crippen molar-refractivity contribution in [3.05, 3.63) is 16.2 Å². The molecule has 0 amide bonds. The highest BCUT2D eigenvalue weighted by atomic mass is 79.9. The Balaban J connectivity index is 3.23. The summed E-state index contributed by atoms with van der Waals surface area (Å²) in [4.78, 5) is 3.65. The number of ether oxygens (including phenoxy) is 1. The third kappa shape index (κ3) is 1.88. The first kappa shape index (κ1) is 10.2. The molecule has 2 N–H and O–H groups in total. The Morgan fingerprint density at radius 3 is 2.69 bits per heavy atom. The van der Waals surface area contributed by atoms with Gasteiger partial charge < -0.3 is 10.5 Å². The summed E-state index contributed by atoms with van der Waals surface area (Å²) in [6.45, 7) is 0. The van der Waals surface area contributed by atoms with Crippen LogP contribution in [-0.2, 0) is 0 Å². The van der Waals surface area contributed by atoms with E-state index in [1.807, 2.05) is 0 Å². The maximum absolute atomic E-state index is 12.3. The van der Waals surface area contributed by atoms with E-state index in [2.05, 4.69) is 20.9 Å². The van der Waals surface area contributed by atoms with Gasteiger partial charge >= 0.3 is 0 Å². The third-order valence-electron chi connectivity index (χ3n) is 1.48. The number of methoxy groups -OCH3 is 1. The van der Waals surface area contributed by atoms with Gasteiger partial charge in [0.05, 0.1) is 18.4 Å². The first-order chi connectivity index (χ1) is 6.07. The van der Waals surface area contributed by atoms with E-state index in [0.717, 1.165) is 6.20 Å². The second kappa shape index (κ2) is 3.87. The zero-order chi connectivity index (χ0) is 10.0. The van der Waals surface area contributed by atoms with Gasteiger partial charge in [0.15, 0.2) is 0 Å². The molecular weight excluding hydrogens is 246 g/mol. The second-order valence-electron chi connectivity index (χ2n) is 2.25. The fourth-order valence-electron chi connectivity index (χ4n) is 0.813. The molecule has 3 nitrogen and oxygen atoms in total. The van der Waals surface area contributed by atoms with Crippen LogP contribution in [0.15, 0.2) is 10.7 Å². The summed E-state index contributed by atoms with van der Waals surface area (Å²) in [6.07, 6.45) is -1.63. The van der Waals surface area contributed by atoms with Crippen LogP contribution in [0, 0.1) is 0 Å². The van der Waals surface area contributed by atoms with Gasteiger partial charge in [-0.2, -0.15) is 0 Å². The Hall–Kier alpha value is -0.910. The van der Waals surface area contributed by atoms with Crippen LogP contribution in [0.3, 0.4) is 0 Å². The lowest BCUT2D eigenvalue weighted by Crippen LogP contribution is -2.00. The Labute approximate surface area is 82.0 Å². The first-order valence-corrected chi connectivity index (χ1v) is 4.13. The summed E-state index contributed by atoms with van der Waals surface area (Å²) in [7, 11) is 1.38. The number of halogens is 3. The average Bonchev–Trinajstić information content (AvgIpc) is 2.09. The van der Waals surface area contributed by atoms with Gasteiger partial charge in [-0.3, -0.25) is 0 Å². The van der Waals surface area contributed by atoms with Crippen LogP contribution in [0.2, 0.25) is 0 Å². The molecule has 0 bridgehead atoms. The van der Waals surface area contributed by atoms with Crippen molar-refractivity contribution in [2.45, 2.75) is 6.43 Å². The van der Waals surface area contributed by atoms with Crippen LogP contribution in [0.4, 0.5) is 14.5 Å². The number of nitrogens with two attached hydrogens (primary N) is 1. The van der Waals surface area contributed by atoms with Crippen molar-refractivity contribution in [1.82, 2.24) is 4.98 Å². The highest BCUT2D eigenvalue weighted by molar-refractivity contribution is 9.10. The van der Waals surface area contributed by atoms with Crippen LogP contribution < -0.4 is 10.5 Å². The largest absolute Gasteiger partial charge is 0.480 e. The fourth-order valence-corrected chi connectivity index (χ4v) is 1.31. The normalized spacial score (nSPS) is 10.5. The summed E-state index contributed by atoms with van der Waals surface area (Å²) in [5.74, 6) is 0.196. The molecule has 6 heteroatoms. The number of anilines is 1. The lowest BCUT2D eigenvalue weighted by molar-refractivity contribution is 0.151. The number of aromatic nitrogens is 1. The predicted molar refractivity (Wildman–Crippen MR) is 47.9 cm³/mol. The molecule has 0 aliphatic carbocycles. The lowest BCUT2D eigenvalue weighted by Gasteiger charge is -2.08. The van der Waals surface area contributed by atoms with Crippen molar-refractivity contribution in [1.29, 1.82) is 0 Å². The standard InChI is InChI=1S/C7H7BrF2N2O/c1-13-7-4(8)5(11)3(2-12-7)6(9)10/h2,6H,1H3,(H2,11,12). The zero-order valence-corrected chi connectivity index (χ0v) is 8.31. The van der Waals surface area contributed by atoms with Crippen LogP contribution in [0.5, 0.6) is 5.88 Å². The minimum atomic E-state index is -2.63. The third-order valence-corrected chi connectivity index (χ3v) is 2.25. The summed E-state index contributed by atoms with van der Waals surface area (Å²) >= 11 is 3.01. The molecule has 72 valence electrons. The monoisotopic (exact) mass is 252 g/mol. The SMILES string of the molecule is COc1ncc(C(F)F)c(N)c1Br. The molecule has 1 heterocycles. The molecule has 0 spiro atoms. The van der Waals surface area contributed by atoms with E-state index in [1.165, 1.54) is 7.11 Å². The number of hydrogen-bond donors (Lipinski definition) is 1. The molecule has 1 rings (SSSR count). The van der Waals surface area contributed by atoms with E-state index in [-0.39, 0.29) is 21.6 Å². The molecule has 0 aliphatic heterocycles. The molecule has 13 heavy (non-hydrogen) atoms. The van der Waals surface area contributed by atoms with Crippen molar-refractivity contribution in [3.8, 4) is 5.88 Å². The molecule has 1 aromatic rings. The number of pyridine rings is 1. The highest BCUT2D eigenvalue weighted by Crippen LogP contribution is 2.35. The molecule has 0 aromatic carbocycles. The average molecular weight is 253 g/mol. The van der Waals surface area contributed by atoms with Crippen LogP contribution in [0.1, 0.15) is 12.0 Å². The minimum Gasteiger partial charge on any atom is -0.480 e. The fraction of sp³-hybridized carbons (Fsp3) is 0.286. The summed E-state index contributed by atoms with van der Waals surface area (Å²) in [6, 6.07) is 0. The van der Waals surface area contributed by atoms with Gasteiger partial charge in [0.2, 0.25) is 5.88 Å². The minimum absolute atomic E-state index is 0.0400. The summed E-state index contributed by atoms with van der Waals surface area (Å²) in [5, 5.41) is 0. The number of alkyl halides is 2. The molecule has 0 fully saturated rings. The van der Waals surface area contributed by atoms with E-state index < -0.39 is 6.43 Å². The Morgan fingerprint density at radius 2 is 2.23 bits per heavy atom. The molecule has 0 radical (unpaired) electrons. The smallest absolute Gasteiger partial charge is 0.267 e. The van der Waals surface area contributed by atoms with E-state index in [0.29, 0.717) is 0 Å². The predicted octanol–water partition coefficient (Wildman–Crippen LogP) is 2.37. The van der Waals surface area contributed by atoms with Gasteiger partial charge in [-0.05, 0) is 15.9 Å². The van der Waals surface area contributed by atoms with Crippen LogP contribution in [-0.4, -0.2) is 12.1 Å². The number of nitrogen functional groups attached to an aromatic ring is 1. The quantitative estimate of drug-likeness (QED) is 0.880. The Bertz CT molecular complexity index is 320. The molecular formula is C7H7BrF2N2O. The zero-order valence-electron chi connectivity index (χ0n) is 6.72. The van der Waals surface area contributed by atoms with Crippen molar-refractivity contribution < 1.29 is 13.5 Å². The molecule has 1 aromatic heterocycles. The van der Waals surface area contributed by atoms with E-state index in [4.69, 9.17) is 10.5 Å². The topological polar surface area (TPSA) is 48.1 Å². The van der Waals surface area contributed by atoms with Gasteiger partial charge in [0.25, 0.3) is 6.43 Å². The van der Waals surface area contributed by atoms with Crippen molar-refractivity contribution in [2.75, 3.05) is 12.8 Å². The van der Waals surface area contributed by atoms with Gasteiger partial charge in [-0.25, -0.2) is 13.8 Å². The van der Waals surface area contributed by atoms with Gasteiger partial charge in [-0.1, -0.05) is 0 Å². The maximum atomic E-state index is 12.3. The summed E-state index contributed by atoms with van der Waals surface area (Å²) in [5.41, 5.74) is 5.07.